The molecule has 0 saturated carbocycles. The molecule has 2 N–H and O–H groups in total. The number of hydrogen-bond donors (Lipinski definition) is 2. The van der Waals surface area contributed by atoms with Gasteiger partial charge in [0.2, 0.25) is 0 Å². The molecular weight excluding hydrogens is 270 g/mol. The van der Waals surface area contributed by atoms with Crippen molar-refractivity contribution in [2.45, 2.75) is 64.2 Å². The van der Waals surface area contributed by atoms with Crippen LogP contribution in [-0.4, -0.2) is 58.5 Å². The van der Waals surface area contributed by atoms with Crippen LogP contribution in [0.4, 0.5) is 0 Å². The number of aliphatic hydroxyl groups is 2. The van der Waals surface area contributed by atoms with Gasteiger partial charge in [0.1, 0.15) is 0 Å². The highest BCUT2D eigenvalue weighted by atomic mass is 16.6. The first-order valence-electron chi connectivity index (χ1n) is 8.22. The lowest BCUT2D eigenvalue weighted by Gasteiger charge is -2.34. The van der Waals surface area contributed by atoms with Gasteiger partial charge in [0.25, 0.3) is 0 Å². The third kappa shape index (κ3) is 3.10. The van der Waals surface area contributed by atoms with Crippen molar-refractivity contribution in [3.05, 3.63) is 0 Å². The topological polar surface area (TPSA) is 70.0 Å². The van der Waals surface area contributed by atoms with Crippen LogP contribution in [0.15, 0.2) is 0 Å². The summed E-state index contributed by atoms with van der Waals surface area (Å²) in [6, 6.07) is 0.529. The minimum absolute atomic E-state index is 0.337. The molecular formula is C16H29NO4. The molecule has 122 valence electrons. The van der Waals surface area contributed by atoms with Gasteiger partial charge in [0.15, 0.2) is 5.60 Å². The first kappa shape index (κ1) is 16.7. The molecule has 2 heterocycles. The van der Waals surface area contributed by atoms with E-state index < -0.39 is 17.7 Å². The third-order valence-corrected chi connectivity index (χ3v) is 5.50. The quantitative estimate of drug-likeness (QED) is 0.721. The minimum Gasteiger partial charge on any atom is -0.463 e. The zero-order chi connectivity index (χ0) is 15.6. The molecule has 2 rings (SSSR count). The normalized spacial score (nSPS) is 31.5. The van der Waals surface area contributed by atoms with Crippen molar-refractivity contribution < 1.29 is 19.7 Å². The van der Waals surface area contributed by atoms with Crippen LogP contribution >= 0.6 is 0 Å². The van der Waals surface area contributed by atoms with E-state index in [1.807, 2.05) is 6.92 Å². The Hall–Kier alpha value is -0.650. The summed E-state index contributed by atoms with van der Waals surface area (Å²) in [7, 11) is 0. The Bertz CT molecular complexity index is 373. The van der Waals surface area contributed by atoms with Crippen molar-refractivity contribution in [2.24, 2.45) is 11.8 Å². The molecule has 0 aromatic heterocycles. The van der Waals surface area contributed by atoms with Crippen molar-refractivity contribution in [1.82, 2.24) is 4.90 Å². The fourth-order valence-electron chi connectivity index (χ4n) is 3.77. The molecule has 0 spiro atoms. The van der Waals surface area contributed by atoms with Gasteiger partial charge in [-0.15, -0.1) is 0 Å². The van der Waals surface area contributed by atoms with Gasteiger partial charge < -0.3 is 14.9 Å². The molecule has 0 aromatic rings. The second-order valence-corrected chi connectivity index (χ2v) is 6.70. The van der Waals surface area contributed by atoms with Crippen molar-refractivity contribution in [1.29, 1.82) is 0 Å². The molecule has 0 bridgehead atoms. The van der Waals surface area contributed by atoms with Gasteiger partial charge in [-0.05, 0) is 45.2 Å². The predicted octanol–water partition coefficient (Wildman–Crippen LogP) is 1.17. The van der Waals surface area contributed by atoms with Crippen LogP contribution in [-0.2, 0) is 9.53 Å². The molecule has 0 aromatic carbocycles. The zero-order valence-corrected chi connectivity index (χ0v) is 13.4. The van der Waals surface area contributed by atoms with Gasteiger partial charge in [-0.2, -0.15) is 0 Å². The fourth-order valence-corrected chi connectivity index (χ4v) is 3.77. The number of ether oxygens (including phenoxy) is 1. The number of esters is 1. The van der Waals surface area contributed by atoms with Crippen LogP contribution in [0.2, 0.25) is 0 Å². The molecule has 5 atom stereocenters. The maximum absolute atomic E-state index is 12.3. The summed E-state index contributed by atoms with van der Waals surface area (Å²) in [6.07, 6.45) is 2.92. The van der Waals surface area contributed by atoms with E-state index in [2.05, 4.69) is 4.90 Å². The Balaban J connectivity index is 1.93. The number of aliphatic hydroxyl groups excluding tert-OH is 1. The van der Waals surface area contributed by atoms with Gasteiger partial charge in [-0.3, -0.25) is 4.90 Å². The van der Waals surface area contributed by atoms with E-state index in [4.69, 9.17) is 4.74 Å². The monoisotopic (exact) mass is 299 g/mol. The zero-order valence-electron chi connectivity index (χ0n) is 13.4. The highest BCUT2D eigenvalue weighted by Gasteiger charge is 2.47. The summed E-state index contributed by atoms with van der Waals surface area (Å²) in [5, 5.41) is 20.4. The van der Waals surface area contributed by atoms with E-state index in [0.29, 0.717) is 25.0 Å². The Kier molecular flexibility index (Phi) is 5.28. The molecule has 21 heavy (non-hydrogen) atoms. The first-order chi connectivity index (χ1) is 9.91. The average molecular weight is 299 g/mol. The van der Waals surface area contributed by atoms with E-state index in [0.717, 1.165) is 19.5 Å². The number of carbonyl (C=O) groups is 1. The van der Waals surface area contributed by atoms with Crippen LogP contribution < -0.4 is 0 Å². The largest absolute Gasteiger partial charge is 0.463 e. The van der Waals surface area contributed by atoms with Crippen molar-refractivity contribution in [3.63, 3.8) is 0 Å². The standard InChI is InChI=1S/C16H29NO4/c1-4-11(2)16(20,12(3)18)15(19)21-10-13-7-9-17-8-5-6-14(13)17/h11-14,18,20H,4-10H2,1-3H3/t11-,12+,13-,14+,16+/m0/s1. The van der Waals surface area contributed by atoms with Gasteiger partial charge in [0, 0.05) is 12.0 Å². The van der Waals surface area contributed by atoms with Crippen molar-refractivity contribution in [2.75, 3.05) is 19.7 Å². The maximum atomic E-state index is 12.3. The van der Waals surface area contributed by atoms with Crippen LogP contribution in [0.3, 0.4) is 0 Å². The number of rotatable bonds is 6. The summed E-state index contributed by atoms with van der Waals surface area (Å²) in [5.41, 5.74) is -1.80. The summed E-state index contributed by atoms with van der Waals surface area (Å²) in [6.45, 7) is 7.69. The molecule has 0 radical (unpaired) electrons. The van der Waals surface area contributed by atoms with Crippen molar-refractivity contribution >= 4 is 5.97 Å². The molecule has 2 fully saturated rings. The highest BCUT2D eigenvalue weighted by molar-refractivity contribution is 5.80. The fraction of sp³-hybridized carbons (Fsp3) is 0.938. The van der Waals surface area contributed by atoms with Crippen LogP contribution in [0, 0.1) is 11.8 Å². The second kappa shape index (κ2) is 6.63. The van der Waals surface area contributed by atoms with Crippen LogP contribution in [0.25, 0.3) is 0 Å². The number of fused-ring (bicyclic) bond motifs is 1. The molecule has 0 unspecified atom stereocenters. The summed E-state index contributed by atoms with van der Waals surface area (Å²) in [4.78, 5) is 14.8. The van der Waals surface area contributed by atoms with Gasteiger partial charge in [-0.25, -0.2) is 4.79 Å². The van der Waals surface area contributed by atoms with Crippen LogP contribution in [0.1, 0.15) is 46.5 Å². The van der Waals surface area contributed by atoms with E-state index in [1.165, 1.54) is 19.8 Å². The lowest BCUT2D eigenvalue weighted by atomic mass is 9.82. The molecule has 2 aliphatic rings. The molecule has 2 saturated heterocycles. The summed E-state index contributed by atoms with van der Waals surface area (Å²) >= 11 is 0. The van der Waals surface area contributed by atoms with Crippen molar-refractivity contribution in [3.8, 4) is 0 Å². The summed E-state index contributed by atoms with van der Waals surface area (Å²) < 4.78 is 5.41. The molecule has 0 amide bonds. The predicted molar refractivity (Wildman–Crippen MR) is 79.7 cm³/mol. The van der Waals surface area contributed by atoms with E-state index in [1.54, 1.807) is 6.92 Å². The van der Waals surface area contributed by atoms with Gasteiger partial charge in [-0.1, -0.05) is 20.3 Å². The SMILES string of the molecule is CC[C@H](C)[C@](O)(C(=O)OC[C@@H]1CCN2CCC[C@H]12)[C@@H](C)O. The van der Waals surface area contributed by atoms with Gasteiger partial charge >= 0.3 is 5.97 Å². The lowest BCUT2D eigenvalue weighted by Crippen LogP contribution is -2.54. The van der Waals surface area contributed by atoms with E-state index >= 15 is 0 Å². The Labute approximate surface area is 127 Å². The number of nitrogens with zero attached hydrogens (tertiary/aromatic N) is 1. The molecule has 5 heteroatoms. The first-order valence-corrected chi connectivity index (χ1v) is 8.22. The van der Waals surface area contributed by atoms with E-state index in [9.17, 15) is 15.0 Å². The van der Waals surface area contributed by atoms with Gasteiger partial charge in [0.05, 0.1) is 12.7 Å². The Morgan fingerprint density at radius 3 is 2.71 bits per heavy atom. The minimum atomic E-state index is -1.80. The molecule has 5 nitrogen and oxygen atoms in total. The average Bonchev–Trinajstić information content (AvgIpc) is 3.06. The number of carbonyl (C=O) groups excluding carboxylic acids is 1. The molecule has 2 aliphatic heterocycles. The van der Waals surface area contributed by atoms with Crippen LogP contribution in [0.5, 0.6) is 0 Å². The smallest absolute Gasteiger partial charge is 0.341 e. The number of hydrogen-bond acceptors (Lipinski definition) is 5. The maximum Gasteiger partial charge on any atom is 0.341 e. The molecule has 0 aliphatic carbocycles. The summed E-state index contributed by atoms with van der Waals surface area (Å²) in [5.74, 6) is -0.647. The second-order valence-electron chi connectivity index (χ2n) is 6.70. The van der Waals surface area contributed by atoms with E-state index in [-0.39, 0.29) is 5.92 Å². The Morgan fingerprint density at radius 1 is 1.38 bits per heavy atom. The Morgan fingerprint density at radius 2 is 2.10 bits per heavy atom. The highest BCUT2D eigenvalue weighted by Crippen LogP contribution is 2.33. The third-order valence-electron chi connectivity index (χ3n) is 5.50. The lowest BCUT2D eigenvalue weighted by molar-refractivity contribution is -0.187.